The number of nitrogens with zero attached hydrogens (tertiary/aromatic N) is 1. The summed E-state index contributed by atoms with van der Waals surface area (Å²) < 4.78 is 26.5. The summed E-state index contributed by atoms with van der Waals surface area (Å²) in [5.41, 5.74) is 5.93. The molecule has 0 aliphatic carbocycles. The van der Waals surface area contributed by atoms with E-state index >= 15 is 0 Å². The fourth-order valence-corrected chi connectivity index (χ4v) is 4.31. The lowest BCUT2D eigenvalue weighted by atomic mass is 10.1. The van der Waals surface area contributed by atoms with Crippen molar-refractivity contribution < 1.29 is 13.2 Å². The second-order valence-corrected chi connectivity index (χ2v) is 6.97. The SMILES string of the molecule is Cl.NCCCNC(=O)CN1c2cccc3cccc(c23)S1(=O)=O. The van der Waals surface area contributed by atoms with Gasteiger partial charge in [0.25, 0.3) is 10.0 Å². The van der Waals surface area contributed by atoms with Gasteiger partial charge in [-0.15, -0.1) is 12.4 Å². The number of anilines is 1. The largest absolute Gasteiger partial charge is 0.354 e. The lowest BCUT2D eigenvalue weighted by Gasteiger charge is -2.18. The second kappa shape index (κ2) is 6.74. The molecule has 124 valence electrons. The van der Waals surface area contributed by atoms with E-state index in [2.05, 4.69) is 5.32 Å². The van der Waals surface area contributed by atoms with E-state index < -0.39 is 10.0 Å². The number of carbonyl (C=O) groups is 1. The van der Waals surface area contributed by atoms with Crippen LogP contribution < -0.4 is 15.4 Å². The maximum Gasteiger partial charge on any atom is 0.265 e. The smallest absolute Gasteiger partial charge is 0.265 e. The Balaban J connectivity index is 0.00000192. The van der Waals surface area contributed by atoms with Crippen molar-refractivity contribution in [3.63, 3.8) is 0 Å². The molecule has 0 saturated carbocycles. The Morgan fingerprint density at radius 2 is 1.87 bits per heavy atom. The van der Waals surface area contributed by atoms with Gasteiger partial charge in [0.05, 0.1) is 10.6 Å². The minimum absolute atomic E-state index is 0. The molecule has 1 aliphatic rings. The molecular weight excluding hydrogens is 338 g/mol. The number of halogens is 1. The molecular formula is C15H18ClN3O3S. The number of nitrogens with one attached hydrogen (secondary N) is 1. The van der Waals surface area contributed by atoms with Gasteiger partial charge in [0.15, 0.2) is 0 Å². The molecule has 0 bridgehead atoms. The van der Waals surface area contributed by atoms with Crippen molar-refractivity contribution >= 4 is 44.8 Å². The van der Waals surface area contributed by atoms with Gasteiger partial charge in [-0.1, -0.05) is 24.3 Å². The van der Waals surface area contributed by atoms with Crippen molar-refractivity contribution in [3.05, 3.63) is 36.4 Å². The van der Waals surface area contributed by atoms with E-state index in [-0.39, 0.29) is 29.8 Å². The highest BCUT2D eigenvalue weighted by atomic mass is 35.5. The average Bonchev–Trinajstić information content (AvgIpc) is 2.71. The first-order chi connectivity index (χ1) is 10.6. The summed E-state index contributed by atoms with van der Waals surface area (Å²) in [5.74, 6) is -0.332. The summed E-state index contributed by atoms with van der Waals surface area (Å²) in [6, 6.07) is 10.5. The van der Waals surface area contributed by atoms with E-state index in [9.17, 15) is 13.2 Å². The van der Waals surface area contributed by atoms with Gasteiger partial charge in [0.1, 0.15) is 6.54 Å². The number of rotatable bonds is 5. The number of nitrogens with two attached hydrogens (primary N) is 1. The van der Waals surface area contributed by atoms with E-state index in [1.807, 2.05) is 12.1 Å². The van der Waals surface area contributed by atoms with Gasteiger partial charge in [-0.3, -0.25) is 9.10 Å². The molecule has 2 aromatic rings. The Labute approximate surface area is 141 Å². The summed E-state index contributed by atoms with van der Waals surface area (Å²) in [7, 11) is -3.68. The quantitative estimate of drug-likeness (QED) is 0.789. The van der Waals surface area contributed by atoms with E-state index in [0.29, 0.717) is 30.6 Å². The first-order valence-electron chi connectivity index (χ1n) is 7.07. The molecule has 3 N–H and O–H groups in total. The van der Waals surface area contributed by atoms with Crippen LogP contribution in [0.5, 0.6) is 0 Å². The molecule has 2 aromatic carbocycles. The molecule has 8 heteroatoms. The number of sulfonamides is 1. The van der Waals surface area contributed by atoms with E-state index in [1.165, 1.54) is 4.31 Å². The molecule has 0 radical (unpaired) electrons. The number of hydrogen-bond acceptors (Lipinski definition) is 4. The number of carbonyl (C=O) groups excluding carboxylic acids is 1. The van der Waals surface area contributed by atoms with Gasteiger partial charge in [-0.25, -0.2) is 8.42 Å². The van der Waals surface area contributed by atoms with Crippen molar-refractivity contribution in [1.82, 2.24) is 5.32 Å². The molecule has 23 heavy (non-hydrogen) atoms. The zero-order valence-electron chi connectivity index (χ0n) is 12.4. The van der Waals surface area contributed by atoms with Crippen LogP contribution in [0.15, 0.2) is 41.3 Å². The highest BCUT2D eigenvalue weighted by Crippen LogP contribution is 2.41. The van der Waals surface area contributed by atoms with Crippen LogP contribution >= 0.6 is 12.4 Å². The lowest BCUT2D eigenvalue weighted by Crippen LogP contribution is -2.39. The highest BCUT2D eigenvalue weighted by molar-refractivity contribution is 7.93. The van der Waals surface area contributed by atoms with Crippen molar-refractivity contribution in [1.29, 1.82) is 0 Å². The zero-order valence-corrected chi connectivity index (χ0v) is 14.0. The summed E-state index contributed by atoms with van der Waals surface area (Å²) in [6.45, 7) is 0.702. The Morgan fingerprint density at radius 1 is 1.17 bits per heavy atom. The van der Waals surface area contributed by atoms with Crippen LogP contribution in [0.2, 0.25) is 0 Å². The third kappa shape index (κ3) is 2.99. The van der Waals surface area contributed by atoms with Gasteiger partial charge in [0.2, 0.25) is 5.91 Å². The van der Waals surface area contributed by atoms with Gasteiger partial charge in [0, 0.05) is 11.9 Å². The molecule has 1 amide bonds. The Hall–Kier alpha value is -1.83. The summed E-state index contributed by atoms with van der Waals surface area (Å²) >= 11 is 0. The third-order valence-corrected chi connectivity index (χ3v) is 5.47. The van der Waals surface area contributed by atoms with Crippen molar-refractivity contribution in [3.8, 4) is 0 Å². The number of amides is 1. The van der Waals surface area contributed by atoms with Crippen molar-refractivity contribution in [2.24, 2.45) is 5.73 Å². The molecule has 0 unspecified atom stereocenters. The molecule has 0 aromatic heterocycles. The molecule has 1 heterocycles. The van der Waals surface area contributed by atoms with Crippen LogP contribution in [0.4, 0.5) is 5.69 Å². The molecule has 0 fully saturated rings. The maximum atomic E-state index is 12.7. The van der Waals surface area contributed by atoms with Crippen LogP contribution in [-0.2, 0) is 14.8 Å². The van der Waals surface area contributed by atoms with Gasteiger partial charge < -0.3 is 11.1 Å². The molecule has 0 saturated heterocycles. The van der Waals surface area contributed by atoms with Crippen LogP contribution in [0.1, 0.15) is 6.42 Å². The van der Waals surface area contributed by atoms with Gasteiger partial charge in [-0.2, -0.15) is 0 Å². The van der Waals surface area contributed by atoms with E-state index in [4.69, 9.17) is 5.73 Å². The summed E-state index contributed by atoms with van der Waals surface area (Å²) in [4.78, 5) is 12.2. The normalized spacial score (nSPS) is 14.6. The zero-order chi connectivity index (χ0) is 15.7. The minimum Gasteiger partial charge on any atom is -0.354 e. The van der Waals surface area contributed by atoms with E-state index in [1.54, 1.807) is 24.3 Å². The standard InChI is InChI=1S/C15H17N3O3S.ClH/c16-8-3-9-17-14(19)10-18-12-6-1-4-11-5-2-7-13(15(11)12)22(18,20)21;/h1-2,4-7H,3,8-10,16H2,(H,17,19);1H. The third-order valence-electron chi connectivity index (χ3n) is 3.67. The Morgan fingerprint density at radius 3 is 2.57 bits per heavy atom. The highest BCUT2D eigenvalue weighted by Gasteiger charge is 2.36. The molecule has 3 rings (SSSR count). The average molecular weight is 356 g/mol. The fraction of sp³-hybridized carbons (Fsp3) is 0.267. The predicted molar refractivity (Wildman–Crippen MR) is 92.4 cm³/mol. The number of hydrogen-bond donors (Lipinski definition) is 2. The van der Waals surface area contributed by atoms with Crippen molar-refractivity contribution in [2.75, 3.05) is 23.9 Å². The minimum atomic E-state index is -3.68. The van der Waals surface area contributed by atoms with E-state index in [0.717, 1.165) is 5.39 Å². The van der Waals surface area contributed by atoms with Crippen LogP contribution in [-0.4, -0.2) is 34.0 Å². The Kier molecular flexibility index (Phi) is 5.13. The van der Waals surface area contributed by atoms with Gasteiger partial charge >= 0.3 is 0 Å². The molecule has 1 aliphatic heterocycles. The van der Waals surface area contributed by atoms with Crippen molar-refractivity contribution in [2.45, 2.75) is 11.3 Å². The van der Waals surface area contributed by atoms with Gasteiger partial charge in [-0.05, 0) is 30.5 Å². The van der Waals surface area contributed by atoms with Crippen LogP contribution in [0.3, 0.4) is 0 Å². The molecule has 6 nitrogen and oxygen atoms in total. The second-order valence-electron chi connectivity index (χ2n) is 5.14. The van der Waals surface area contributed by atoms with Crippen LogP contribution in [0.25, 0.3) is 10.8 Å². The first kappa shape index (κ1) is 17.5. The van der Waals surface area contributed by atoms with Crippen LogP contribution in [0, 0.1) is 0 Å². The summed E-state index contributed by atoms with van der Waals surface area (Å²) in [5, 5.41) is 4.21. The molecule has 0 spiro atoms. The first-order valence-corrected chi connectivity index (χ1v) is 8.51. The monoisotopic (exact) mass is 355 g/mol. The Bertz CT molecular complexity index is 834. The molecule has 0 atom stereocenters. The topological polar surface area (TPSA) is 92.5 Å². The fourth-order valence-electron chi connectivity index (χ4n) is 2.64. The lowest BCUT2D eigenvalue weighted by molar-refractivity contribution is -0.119. The maximum absolute atomic E-state index is 12.7. The number of benzene rings is 2. The predicted octanol–water partition coefficient (Wildman–Crippen LogP) is 1.24. The summed E-state index contributed by atoms with van der Waals surface area (Å²) in [6.07, 6.45) is 0.661.